The van der Waals surface area contributed by atoms with Crippen molar-refractivity contribution in [3.05, 3.63) is 17.5 Å². The molecule has 0 aliphatic rings. The molecule has 1 heterocycles. The van der Waals surface area contributed by atoms with E-state index in [9.17, 15) is 0 Å². The van der Waals surface area contributed by atoms with Crippen LogP contribution in [0.4, 0.5) is 0 Å². The van der Waals surface area contributed by atoms with Crippen LogP contribution in [0.5, 0.6) is 0 Å². The lowest BCUT2D eigenvalue weighted by atomic mass is 10.3. The van der Waals surface area contributed by atoms with E-state index in [-0.39, 0.29) is 0 Å². The molecule has 1 aromatic heterocycles. The summed E-state index contributed by atoms with van der Waals surface area (Å²) in [6, 6.07) is 2.68. The zero-order valence-electron chi connectivity index (χ0n) is 15.0. The molecular weight excluding hydrogens is 276 g/mol. The largest absolute Gasteiger partial charge is 0.356 e. The van der Waals surface area contributed by atoms with Gasteiger partial charge < -0.3 is 15.5 Å². The first-order valence-electron chi connectivity index (χ1n) is 8.10. The molecule has 1 rings (SSSR count). The molecule has 0 aliphatic heterocycles. The Morgan fingerprint density at radius 1 is 1.32 bits per heavy atom. The van der Waals surface area contributed by atoms with Crippen LogP contribution in [0.25, 0.3) is 0 Å². The molecule has 22 heavy (non-hydrogen) atoms. The van der Waals surface area contributed by atoms with Crippen LogP contribution >= 0.6 is 0 Å². The number of hydrogen-bond donors (Lipinski definition) is 2. The summed E-state index contributed by atoms with van der Waals surface area (Å²) in [5.41, 5.74) is 2.30. The van der Waals surface area contributed by atoms with Crippen LogP contribution in [0.1, 0.15) is 31.7 Å². The second kappa shape index (κ2) is 9.46. The minimum Gasteiger partial charge on any atom is -0.356 e. The maximum absolute atomic E-state index is 4.47. The monoisotopic (exact) mass is 308 g/mol. The summed E-state index contributed by atoms with van der Waals surface area (Å²) in [7, 11) is 3.94. The smallest absolute Gasteiger partial charge is 0.191 e. The van der Waals surface area contributed by atoms with Crippen LogP contribution in [0.3, 0.4) is 0 Å². The maximum atomic E-state index is 4.47. The van der Waals surface area contributed by atoms with Crippen LogP contribution in [-0.4, -0.2) is 60.4 Å². The average molecular weight is 308 g/mol. The summed E-state index contributed by atoms with van der Waals surface area (Å²) in [4.78, 5) is 6.56. The fourth-order valence-corrected chi connectivity index (χ4v) is 2.17. The van der Waals surface area contributed by atoms with Gasteiger partial charge in [-0.1, -0.05) is 0 Å². The fraction of sp³-hybridized carbons (Fsp3) is 0.750. The fourth-order valence-electron chi connectivity index (χ4n) is 2.17. The van der Waals surface area contributed by atoms with Crippen molar-refractivity contribution in [3.63, 3.8) is 0 Å². The third-order valence-electron chi connectivity index (χ3n) is 3.80. The van der Waals surface area contributed by atoms with Crippen molar-refractivity contribution >= 4 is 5.96 Å². The number of rotatable bonds is 8. The number of aliphatic imine (C=N–C) groups is 1. The highest BCUT2D eigenvalue weighted by atomic mass is 15.3. The van der Waals surface area contributed by atoms with E-state index in [0.29, 0.717) is 6.04 Å². The van der Waals surface area contributed by atoms with Crippen molar-refractivity contribution in [2.45, 2.75) is 46.7 Å². The Morgan fingerprint density at radius 2 is 2.00 bits per heavy atom. The minimum absolute atomic E-state index is 0.567. The van der Waals surface area contributed by atoms with E-state index in [2.05, 4.69) is 64.2 Å². The normalized spacial score (nSPS) is 12.3. The highest BCUT2D eigenvalue weighted by Gasteiger charge is 2.04. The Balaban J connectivity index is 2.20. The van der Waals surface area contributed by atoms with Crippen LogP contribution in [0.2, 0.25) is 0 Å². The van der Waals surface area contributed by atoms with Crippen molar-refractivity contribution in [1.82, 2.24) is 25.3 Å². The summed E-state index contributed by atoms with van der Waals surface area (Å²) in [5, 5.41) is 11.2. The van der Waals surface area contributed by atoms with Gasteiger partial charge in [0.2, 0.25) is 0 Å². The summed E-state index contributed by atoms with van der Waals surface area (Å²) in [6.45, 7) is 12.2. The molecule has 0 aliphatic carbocycles. The number of nitrogens with one attached hydrogen (secondary N) is 2. The van der Waals surface area contributed by atoms with Crippen LogP contribution in [0.15, 0.2) is 11.1 Å². The quantitative estimate of drug-likeness (QED) is 0.433. The molecule has 0 radical (unpaired) electrons. The molecule has 6 nitrogen and oxygen atoms in total. The Morgan fingerprint density at radius 3 is 2.55 bits per heavy atom. The van der Waals surface area contributed by atoms with Crippen molar-refractivity contribution in [1.29, 1.82) is 0 Å². The molecule has 126 valence electrons. The van der Waals surface area contributed by atoms with Crippen molar-refractivity contribution in [2.24, 2.45) is 4.99 Å². The average Bonchev–Trinajstić information content (AvgIpc) is 2.79. The number of likely N-dealkylation sites (N-methyl/N-ethyl adjacent to an activating group) is 1. The van der Waals surface area contributed by atoms with Gasteiger partial charge in [0.15, 0.2) is 5.96 Å². The van der Waals surface area contributed by atoms with Gasteiger partial charge >= 0.3 is 0 Å². The highest BCUT2D eigenvalue weighted by Crippen LogP contribution is 2.02. The SMILES string of the molecule is CN=C(NCCCn1nc(C)cc1C)NCCN(C)C(C)C. The number of hydrogen-bond acceptors (Lipinski definition) is 3. The van der Waals surface area contributed by atoms with E-state index < -0.39 is 0 Å². The zero-order valence-corrected chi connectivity index (χ0v) is 15.0. The van der Waals surface area contributed by atoms with E-state index in [0.717, 1.165) is 44.3 Å². The molecule has 0 aromatic carbocycles. The Kier molecular flexibility index (Phi) is 7.95. The first-order valence-corrected chi connectivity index (χ1v) is 8.10. The third-order valence-corrected chi connectivity index (χ3v) is 3.80. The Bertz CT molecular complexity index is 463. The van der Waals surface area contributed by atoms with Gasteiger partial charge in [-0.2, -0.15) is 5.10 Å². The molecule has 0 saturated carbocycles. The van der Waals surface area contributed by atoms with Gasteiger partial charge in [0.1, 0.15) is 0 Å². The summed E-state index contributed by atoms with van der Waals surface area (Å²) in [6.07, 6.45) is 1.02. The van der Waals surface area contributed by atoms with Gasteiger partial charge in [-0.25, -0.2) is 0 Å². The van der Waals surface area contributed by atoms with E-state index in [1.165, 1.54) is 5.69 Å². The van der Waals surface area contributed by atoms with Gasteiger partial charge in [0.05, 0.1) is 5.69 Å². The van der Waals surface area contributed by atoms with Crippen molar-refractivity contribution < 1.29 is 0 Å². The lowest BCUT2D eigenvalue weighted by molar-refractivity contribution is 0.278. The van der Waals surface area contributed by atoms with Gasteiger partial charge in [-0.15, -0.1) is 0 Å². The van der Waals surface area contributed by atoms with Crippen LogP contribution in [-0.2, 0) is 6.54 Å². The first kappa shape index (κ1) is 18.5. The third kappa shape index (κ3) is 6.47. The summed E-state index contributed by atoms with van der Waals surface area (Å²) >= 11 is 0. The molecule has 2 N–H and O–H groups in total. The van der Waals surface area contributed by atoms with E-state index in [4.69, 9.17) is 0 Å². The molecule has 0 amide bonds. The minimum atomic E-state index is 0.567. The van der Waals surface area contributed by atoms with E-state index in [1.807, 2.05) is 14.0 Å². The van der Waals surface area contributed by atoms with E-state index >= 15 is 0 Å². The van der Waals surface area contributed by atoms with Gasteiger partial charge in [0, 0.05) is 45.0 Å². The zero-order chi connectivity index (χ0) is 16.5. The summed E-state index contributed by atoms with van der Waals surface area (Å²) < 4.78 is 2.06. The first-order chi connectivity index (χ1) is 10.4. The van der Waals surface area contributed by atoms with Crippen molar-refractivity contribution in [2.75, 3.05) is 33.7 Å². The molecule has 0 unspecified atom stereocenters. The Hall–Kier alpha value is -1.56. The second-order valence-corrected chi connectivity index (χ2v) is 6.00. The predicted octanol–water partition coefficient (Wildman–Crippen LogP) is 1.40. The molecular formula is C16H32N6. The van der Waals surface area contributed by atoms with Gasteiger partial charge in [-0.05, 0) is 47.2 Å². The number of aryl methyl sites for hydroxylation is 3. The lowest BCUT2D eigenvalue weighted by Crippen LogP contribution is -2.42. The topological polar surface area (TPSA) is 57.5 Å². The van der Waals surface area contributed by atoms with Crippen LogP contribution in [0, 0.1) is 13.8 Å². The standard InChI is InChI=1S/C16H32N6/c1-13(2)21(6)11-9-19-16(17-5)18-8-7-10-22-15(4)12-14(3)20-22/h12-13H,7-11H2,1-6H3,(H2,17,18,19). The number of aromatic nitrogens is 2. The molecule has 0 atom stereocenters. The van der Waals surface area contributed by atoms with Crippen LogP contribution < -0.4 is 10.6 Å². The van der Waals surface area contributed by atoms with Gasteiger partial charge in [-0.3, -0.25) is 9.67 Å². The second-order valence-electron chi connectivity index (χ2n) is 6.00. The molecule has 0 spiro atoms. The lowest BCUT2D eigenvalue weighted by Gasteiger charge is -2.21. The maximum Gasteiger partial charge on any atom is 0.191 e. The molecule has 0 saturated heterocycles. The summed E-state index contributed by atoms with van der Waals surface area (Å²) in [5.74, 6) is 0.866. The van der Waals surface area contributed by atoms with Gasteiger partial charge in [0.25, 0.3) is 0 Å². The molecule has 0 fully saturated rings. The Labute approximate surface area is 135 Å². The predicted molar refractivity (Wildman–Crippen MR) is 93.4 cm³/mol. The number of nitrogens with zero attached hydrogens (tertiary/aromatic N) is 4. The van der Waals surface area contributed by atoms with Crippen molar-refractivity contribution in [3.8, 4) is 0 Å². The molecule has 6 heteroatoms. The van der Waals surface area contributed by atoms with E-state index in [1.54, 1.807) is 0 Å². The highest BCUT2D eigenvalue weighted by molar-refractivity contribution is 5.79. The molecule has 0 bridgehead atoms. The number of guanidine groups is 1. The molecule has 1 aromatic rings.